The molecule has 1 aromatic rings. The molecule has 1 saturated heterocycles. The first kappa shape index (κ1) is 19.2. The van der Waals surface area contributed by atoms with Gasteiger partial charge in [0.15, 0.2) is 0 Å². The van der Waals surface area contributed by atoms with E-state index in [4.69, 9.17) is 15.2 Å². The summed E-state index contributed by atoms with van der Waals surface area (Å²) >= 11 is 1.35. The Morgan fingerprint density at radius 1 is 1.46 bits per heavy atom. The second-order valence-electron chi connectivity index (χ2n) is 7.60. The molecule has 1 aliphatic carbocycles. The molecule has 1 aliphatic heterocycles. The van der Waals surface area contributed by atoms with Gasteiger partial charge in [0.25, 0.3) is 0 Å². The molecule has 0 radical (unpaired) electrons. The summed E-state index contributed by atoms with van der Waals surface area (Å²) in [5, 5.41) is 0. The molecule has 1 saturated carbocycles. The highest BCUT2D eigenvalue weighted by Gasteiger charge is 2.38. The number of esters is 1. The van der Waals surface area contributed by atoms with E-state index in [2.05, 4.69) is 25.8 Å². The van der Waals surface area contributed by atoms with Crippen LogP contribution in [0, 0.1) is 17.8 Å². The molecule has 1 aromatic heterocycles. The molecule has 8 heteroatoms. The van der Waals surface area contributed by atoms with Crippen molar-refractivity contribution in [3.05, 3.63) is 22.7 Å². The highest BCUT2D eigenvalue weighted by Crippen LogP contribution is 2.37. The largest absolute Gasteiger partial charge is 0.459 e. The number of anilines is 1. The summed E-state index contributed by atoms with van der Waals surface area (Å²) in [6.07, 6.45) is 4.11. The van der Waals surface area contributed by atoms with Crippen molar-refractivity contribution in [1.82, 2.24) is 9.55 Å². The highest BCUT2D eigenvalue weighted by molar-refractivity contribution is 8.00. The van der Waals surface area contributed by atoms with Crippen LogP contribution in [0.3, 0.4) is 0 Å². The molecular weight excluding hydrogens is 354 g/mol. The number of thioether (sulfide) groups is 1. The number of aromatic nitrogens is 2. The highest BCUT2D eigenvalue weighted by atomic mass is 32.2. The van der Waals surface area contributed by atoms with Crippen LogP contribution in [0.15, 0.2) is 17.1 Å². The minimum Gasteiger partial charge on any atom is -0.459 e. The lowest BCUT2D eigenvalue weighted by molar-refractivity contribution is -0.166. The van der Waals surface area contributed by atoms with Gasteiger partial charge in [-0.2, -0.15) is 4.98 Å². The lowest BCUT2D eigenvalue weighted by Crippen LogP contribution is -2.38. The molecule has 2 N–H and O–H groups in total. The predicted octanol–water partition coefficient (Wildman–Crippen LogP) is 2.42. The van der Waals surface area contributed by atoms with E-state index < -0.39 is 17.4 Å². The van der Waals surface area contributed by atoms with Gasteiger partial charge in [0, 0.05) is 11.9 Å². The molecule has 0 amide bonds. The second kappa shape index (κ2) is 8.00. The summed E-state index contributed by atoms with van der Waals surface area (Å²) in [6.45, 7) is 6.56. The van der Waals surface area contributed by atoms with Crippen molar-refractivity contribution in [2.24, 2.45) is 17.8 Å². The van der Waals surface area contributed by atoms with Crippen molar-refractivity contribution >= 4 is 23.5 Å². The smallest absolute Gasteiger partial charge is 0.351 e. The summed E-state index contributed by atoms with van der Waals surface area (Å²) in [5.74, 6) is 1.73. The first-order valence-electron chi connectivity index (χ1n) is 9.17. The van der Waals surface area contributed by atoms with Crippen molar-refractivity contribution in [1.29, 1.82) is 0 Å². The number of nitrogens with zero attached hydrogens (tertiary/aromatic N) is 2. The maximum Gasteiger partial charge on any atom is 0.351 e. The maximum atomic E-state index is 12.6. The Labute approximate surface area is 157 Å². The van der Waals surface area contributed by atoms with Gasteiger partial charge in [-0.15, -0.1) is 11.8 Å². The number of carbonyl (C=O) groups is 1. The van der Waals surface area contributed by atoms with Crippen molar-refractivity contribution < 1.29 is 14.3 Å². The van der Waals surface area contributed by atoms with Gasteiger partial charge in [0.2, 0.25) is 5.44 Å². The van der Waals surface area contributed by atoms with Gasteiger partial charge in [-0.3, -0.25) is 4.57 Å². The normalized spacial score (nSPS) is 31.9. The van der Waals surface area contributed by atoms with Crippen LogP contribution in [0.25, 0.3) is 0 Å². The molecule has 2 fully saturated rings. The van der Waals surface area contributed by atoms with E-state index in [0.717, 1.165) is 12.8 Å². The number of nitrogen functional groups attached to an aromatic ring is 1. The van der Waals surface area contributed by atoms with E-state index in [-0.39, 0.29) is 17.9 Å². The molecule has 0 spiro atoms. The van der Waals surface area contributed by atoms with Gasteiger partial charge in [-0.05, 0) is 36.7 Å². The monoisotopic (exact) mass is 381 g/mol. The number of ether oxygens (including phenoxy) is 2. The van der Waals surface area contributed by atoms with Crippen LogP contribution in [-0.4, -0.2) is 32.8 Å². The fourth-order valence-corrected chi connectivity index (χ4v) is 4.74. The minimum atomic E-state index is -0.713. The molecule has 2 unspecified atom stereocenters. The quantitative estimate of drug-likeness (QED) is 0.800. The summed E-state index contributed by atoms with van der Waals surface area (Å²) in [4.78, 5) is 28.3. The average Bonchev–Trinajstić information content (AvgIpc) is 3.04. The lowest BCUT2D eigenvalue weighted by atomic mass is 9.75. The molecule has 0 bridgehead atoms. The van der Waals surface area contributed by atoms with E-state index in [1.54, 1.807) is 6.20 Å². The second-order valence-corrected chi connectivity index (χ2v) is 8.69. The van der Waals surface area contributed by atoms with E-state index in [1.807, 2.05) is 0 Å². The number of hydrogen-bond acceptors (Lipinski definition) is 7. The fraction of sp³-hybridized carbons (Fsp3) is 0.722. The van der Waals surface area contributed by atoms with Gasteiger partial charge in [0.1, 0.15) is 18.1 Å². The van der Waals surface area contributed by atoms with E-state index in [9.17, 15) is 9.59 Å². The Balaban J connectivity index is 1.63. The van der Waals surface area contributed by atoms with Crippen LogP contribution in [-0.2, 0) is 14.3 Å². The Bertz CT molecular complexity index is 708. The van der Waals surface area contributed by atoms with E-state index in [0.29, 0.717) is 23.5 Å². The standard InChI is InChI=1S/C18H27N3O4S/c1-10(2)12-5-4-11(3)8-13(12)24-16(22)17-25-15(9-26-17)21-7-6-14(19)20-18(21)23/h6-7,10-13,15,17H,4-5,8-9H2,1-3H3,(H2,19,20,23)/t11-,12-,13+,15?,17?/m0/s1. The topological polar surface area (TPSA) is 96.4 Å². The van der Waals surface area contributed by atoms with Crippen LogP contribution < -0.4 is 11.4 Å². The van der Waals surface area contributed by atoms with E-state index in [1.165, 1.54) is 28.8 Å². The van der Waals surface area contributed by atoms with Crippen LogP contribution >= 0.6 is 11.8 Å². The van der Waals surface area contributed by atoms with Crippen LogP contribution in [0.2, 0.25) is 0 Å². The van der Waals surface area contributed by atoms with Crippen molar-refractivity contribution in [3.8, 4) is 0 Å². The molecule has 0 aromatic carbocycles. The number of carbonyl (C=O) groups excluding carboxylic acids is 1. The number of nitrogens with two attached hydrogens (primary N) is 1. The van der Waals surface area contributed by atoms with Gasteiger partial charge >= 0.3 is 11.7 Å². The summed E-state index contributed by atoms with van der Waals surface area (Å²) < 4.78 is 13.0. The molecule has 3 rings (SSSR count). The Morgan fingerprint density at radius 3 is 2.92 bits per heavy atom. The average molecular weight is 381 g/mol. The zero-order valence-electron chi connectivity index (χ0n) is 15.5. The third-order valence-electron chi connectivity index (χ3n) is 5.25. The van der Waals surface area contributed by atoms with Crippen LogP contribution in [0.4, 0.5) is 5.82 Å². The zero-order chi connectivity index (χ0) is 18.8. The third kappa shape index (κ3) is 4.23. The number of rotatable bonds is 4. The first-order chi connectivity index (χ1) is 12.3. The summed E-state index contributed by atoms with van der Waals surface area (Å²) in [7, 11) is 0. The van der Waals surface area contributed by atoms with Gasteiger partial charge in [0.05, 0.1) is 0 Å². The van der Waals surface area contributed by atoms with E-state index >= 15 is 0 Å². The predicted molar refractivity (Wildman–Crippen MR) is 101 cm³/mol. The lowest BCUT2D eigenvalue weighted by Gasteiger charge is -2.37. The molecule has 2 heterocycles. The Kier molecular flexibility index (Phi) is 5.92. The first-order valence-corrected chi connectivity index (χ1v) is 10.2. The van der Waals surface area contributed by atoms with Crippen LogP contribution in [0.5, 0.6) is 0 Å². The SMILES string of the molecule is CC(C)[C@@H]1CC[C@H](C)C[C@H]1OC(=O)C1OC(n2ccc(N)nc2=O)CS1. The van der Waals surface area contributed by atoms with Crippen molar-refractivity contribution in [2.45, 2.75) is 57.8 Å². The number of hydrogen-bond donors (Lipinski definition) is 1. The molecule has 7 nitrogen and oxygen atoms in total. The molecule has 26 heavy (non-hydrogen) atoms. The summed E-state index contributed by atoms with van der Waals surface area (Å²) in [6, 6.07) is 1.54. The van der Waals surface area contributed by atoms with Gasteiger partial charge < -0.3 is 15.2 Å². The molecule has 2 aliphatic rings. The molecular formula is C18H27N3O4S. The Morgan fingerprint density at radius 2 is 2.23 bits per heavy atom. The fourth-order valence-electron chi connectivity index (χ4n) is 3.76. The molecule has 144 valence electrons. The summed E-state index contributed by atoms with van der Waals surface area (Å²) in [5.41, 5.74) is 4.32. The molecule has 5 atom stereocenters. The minimum absolute atomic E-state index is 0.0598. The van der Waals surface area contributed by atoms with Gasteiger partial charge in [-0.1, -0.05) is 27.2 Å². The van der Waals surface area contributed by atoms with Crippen molar-refractivity contribution in [3.63, 3.8) is 0 Å². The van der Waals surface area contributed by atoms with Crippen molar-refractivity contribution in [2.75, 3.05) is 11.5 Å². The Hall–Kier alpha value is -1.54. The third-order valence-corrected chi connectivity index (χ3v) is 6.34. The maximum absolute atomic E-state index is 12.6. The zero-order valence-corrected chi connectivity index (χ0v) is 16.3. The van der Waals surface area contributed by atoms with Crippen LogP contribution in [0.1, 0.15) is 46.3 Å². The van der Waals surface area contributed by atoms with Gasteiger partial charge in [-0.25, -0.2) is 9.59 Å².